The topological polar surface area (TPSA) is 111 Å². The van der Waals surface area contributed by atoms with E-state index >= 15 is 0 Å². The Morgan fingerprint density at radius 3 is 1.97 bits per heavy atom. The molecule has 8 nitrogen and oxygen atoms in total. The van der Waals surface area contributed by atoms with Gasteiger partial charge in [-0.25, -0.2) is 9.59 Å². The van der Waals surface area contributed by atoms with Crippen molar-refractivity contribution >= 4 is 29.2 Å². The van der Waals surface area contributed by atoms with Gasteiger partial charge in [-0.2, -0.15) is 37.7 Å². The summed E-state index contributed by atoms with van der Waals surface area (Å²) >= 11 is 1.74. The summed E-state index contributed by atoms with van der Waals surface area (Å²) < 4.78 is 63.5. The largest absolute Gasteiger partial charge is 0.490 e. The lowest BCUT2D eigenvalue weighted by molar-refractivity contribution is -0.193. The first kappa shape index (κ1) is 29.0. The summed E-state index contributed by atoms with van der Waals surface area (Å²) in [6.45, 7) is 2.78. The van der Waals surface area contributed by atoms with Crippen molar-refractivity contribution in [1.82, 2.24) is 14.8 Å². The molecule has 1 amide bonds. The average molecular weight is 541 g/mol. The molecule has 0 unspecified atom stereocenters. The fraction of sp³-hybridized carbons (Fsp3) is 0.429. The van der Waals surface area contributed by atoms with Gasteiger partial charge in [0.25, 0.3) is 0 Å². The van der Waals surface area contributed by atoms with Crippen LogP contribution in [0.5, 0.6) is 0 Å². The standard InChI is InChI=1S/C17H19N3OS.2C2HF3O2/c21-17-9-16-15(20(17)11-13-1-5-18-6-2-13)3-7-19(16)10-14-4-8-22-12-14;2*3-2(4,5)1(6)7/h1-2,4-6,8,12,15-16H,3,7,9-11H2;2*(H,6,7)/t15-,16+;;/m0../s1. The Labute approximate surface area is 204 Å². The maximum absolute atomic E-state index is 12.4. The molecule has 0 radical (unpaired) electrons. The van der Waals surface area contributed by atoms with Gasteiger partial charge >= 0.3 is 24.3 Å². The van der Waals surface area contributed by atoms with Crippen molar-refractivity contribution in [1.29, 1.82) is 0 Å². The van der Waals surface area contributed by atoms with Gasteiger partial charge in [0.2, 0.25) is 5.91 Å². The molecule has 2 saturated heterocycles. The lowest BCUT2D eigenvalue weighted by Gasteiger charge is -2.25. The highest BCUT2D eigenvalue weighted by atomic mass is 32.1. The van der Waals surface area contributed by atoms with Gasteiger partial charge in [-0.1, -0.05) is 0 Å². The van der Waals surface area contributed by atoms with E-state index in [1.165, 1.54) is 11.1 Å². The second kappa shape index (κ2) is 12.2. The summed E-state index contributed by atoms with van der Waals surface area (Å²) in [5.74, 6) is -5.22. The van der Waals surface area contributed by atoms with E-state index < -0.39 is 24.3 Å². The van der Waals surface area contributed by atoms with Crippen LogP contribution >= 0.6 is 11.3 Å². The number of aromatic nitrogens is 1. The molecule has 2 N–H and O–H groups in total. The molecule has 2 aromatic heterocycles. The van der Waals surface area contributed by atoms with Crippen molar-refractivity contribution in [3.8, 4) is 0 Å². The Hall–Kier alpha value is -3.20. The summed E-state index contributed by atoms with van der Waals surface area (Å²) in [4.78, 5) is 38.8. The average Bonchev–Trinajstić information content (AvgIpc) is 3.49. The van der Waals surface area contributed by atoms with Crippen LogP contribution in [0, 0.1) is 0 Å². The molecule has 0 aromatic carbocycles. The highest BCUT2D eigenvalue weighted by Crippen LogP contribution is 2.34. The summed E-state index contributed by atoms with van der Waals surface area (Å²) in [6.07, 6.45) is -4.82. The fourth-order valence-electron chi connectivity index (χ4n) is 3.71. The molecule has 4 heterocycles. The van der Waals surface area contributed by atoms with Crippen LogP contribution in [0.3, 0.4) is 0 Å². The number of carboxylic acids is 2. The molecule has 36 heavy (non-hydrogen) atoms. The molecule has 0 saturated carbocycles. The molecule has 198 valence electrons. The third-order valence-corrected chi connectivity index (χ3v) is 6.01. The highest BCUT2D eigenvalue weighted by Gasteiger charge is 2.46. The Kier molecular flexibility index (Phi) is 9.81. The van der Waals surface area contributed by atoms with E-state index in [0.29, 0.717) is 24.4 Å². The van der Waals surface area contributed by atoms with Crippen LogP contribution in [0.1, 0.15) is 24.0 Å². The van der Waals surface area contributed by atoms with Crippen molar-refractivity contribution < 1.29 is 50.9 Å². The number of fused-ring (bicyclic) bond motifs is 1. The normalized spacial score (nSPS) is 19.6. The van der Waals surface area contributed by atoms with Gasteiger partial charge in [-0.3, -0.25) is 14.7 Å². The Morgan fingerprint density at radius 2 is 1.50 bits per heavy atom. The molecule has 15 heteroatoms. The van der Waals surface area contributed by atoms with Gasteiger partial charge in [-0.15, -0.1) is 0 Å². The van der Waals surface area contributed by atoms with Gasteiger partial charge in [0.05, 0.1) is 0 Å². The number of pyridine rings is 1. The monoisotopic (exact) mass is 541 g/mol. The molecular weight excluding hydrogens is 520 g/mol. The number of halogens is 6. The minimum Gasteiger partial charge on any atom is -0.475 e. The summed E-state index contributed by atoms with van der Waals surface area (Å²) in [6, 6.07) is 6.94. The zero-order valence-corrected chi connectivity index (χ0v) is 19.2. The van der Waals surface area contributed by atoms with Crippen molar-refractivity contribution in [3.05, 3.63) is 52.5 Å². The molecule has 2 aliphatic heterocycles. The molecular formula is C21H21F6N3O5S. The van der Waals surface area contributed by atoms with Gasteiger partial charge in [0.1, 0.15) is 0 Å². The molecule has 2 atom stereocenters. The number of amides is 1. The number of thiophene rings is 1. The zero-order valence-electron chi connectivity index (χ0n) is 18.4. The summed E-state index contributed by atoms with van der Waals surface area (Å²) in [7, 11) is 0. The number of nitrogens with zero attached hydrogens (tertiary/aromatic N) is 3. The second-order valence-corrected chi connectivity index (χ2v) is 8.49. The fourth-order valence-corrected chi connectivity index (χ4v) is 4.37. The SMILES string of the molecule is O=C(O)C(F)(F)F.O=C(O)C(F)(F)F.O=C1C[C@@H]2[C@H](CCN2Cc2ccsc2)N1Cc1ccncc1. The highest BCUT2D eigenvalue weighted by molar-refractivity contribution is 7.07. The number of aliphatic carboxylic acids is 2. The number of carboxylic acid groups (broad SMARTS) is 2. The minimum atomic E-state index is -5.08. The van der Waals surface area contributed by atoms with E-state index in [-0.39, 0.29) is 0 Å². The third-order valence-electron chi connectivity index (χ3n) is 5.28. The molecule has 4 rings (SSSR count). The Bertz CT molecular complexity index is 993. The van der Waals surface area contributed by atoms with Crippen LogP contribution < -0.4 is 0 Å². The summed E-state index contributed by atoms with van der Waals surface area (Å²) in [5, 5.41) is 18.6. The van der Waals surface area contributed by atoms with Crippen molar-refractivity contribution in [3.63, 3.8) is 0 Å². The Morgan fingerprint density at radius 1 is 0.944 bits per heavy atom. The van der Waals surface area contributed by atoms with Crippen molar-refractivity contribution in [2.45, 2.75) is 50.4 Å². The number of alkyl halides is 6. The molecule has 0 bridgehead atoms. The smallest absolute Gasteiger partial charge is 0.475 e. The molecule has 0 aliphatic carbocycles. The van der Waals surface area contributed by atoms with E-state index in [0.717, 1.165) is 26.1 Å². The van der Waals surface area contributed by atoms with Crippen LogP contribution in [0.4, 0.5) is 26.3 Å². The van der Waals surface area contributed by atoms with Crippen LogP contribution in [0.25, 0.3) is 0 Å². The van der Waals surface area contributed by atoms with Crippen LogP contribution in [0.2, 0.25) is 0 Å². The number of carbonyl (C=O) groups excluding carboxylic acids is 1. The first-order chi connectivity index (χ1) is 16.7. The number of hydrogen-bond acceptors (Lipinski definition) is 6. The predicted molar refractivity (Wildman–Crippen MR) is 114 cm³/mol. The predicted octanol–water partition coefficient (Wildman–Crippen LogP) is 3.79. The number of rotatable bonds is 4. The van der Waals surface area contributed by atoms with Gasteiger partial charge in [-0.05, 0) is 46.5 Å². The first-order valence-corrected chi connectivity index (χ1v) is 11.2. The minimum absolute atomic E-state index is 0.293. The number of carbonyl (C=O) groups is 3. The van der Waals surface area contributed by atoms with E-state index in [1.807, 2.05) is 12.1 Å². The van der Waals surface area contributed by atoms with E-state index in [1.54, 1.807) is 23.7 Å². The van der Waals surface area contributed by atoms with E-state index in [4.69, 9.17) is 19.8 Å². The molecule has 0 spiro atoms. The maximum atomic E-state index is 12.4. The second-order valence-electron chi connectivity index (χ2n) is 7.71. The van der Waals surface area contributed by atoms with Crippen molar-refractivity contribution in [2.75, 3.05) is 6.54 Å². The quantitative estimate of drug-likeness (QED) is 0.567. The lowest BCUT2D eigenvalue weighted by Crippen LogP contribution is -2.36. The van der Waals surface area contributed by atoms with E-state index in [2.05, 4.69) is 31.6 Å². The number of likely N-dealkylation sites (tertiary alicyclic amines) is 2. The number of hydrogen-bond donors (Lipinski definition) is 2. The van der Waals surface area contributed by atoms with Gasteiger partial charge in [0, 0.05) is 50.5 Å². The molecule has 2 aliphatic rings. The van der Waals surface area contributed by atoms with Gasteiger partial charge < -0.3 is 15.1 Å². The maximum Gasteiger partial charge on any atom is 0.490 e. The van der Waals surface area contributed by atoms with Crippen LogP contribution in [0.15, 0.2) is 41.4 Å². The van der Waals surface area contributed by atoms with E-state index in [9.17, 15) is 31.1 Å². The van der Waals surface area contributed by atoms with Crippen LogP contribution in [-0.2, 0) is 27.5 Å². The third kappa shape index (κ3) is 8.48. The van der Waals surface area contributed by atoms with Crippen molar-refractivity contribution in [2.24, 2.45) is 0 Å². The first-order valence-electron chi connectivity index (χ1n) is 10.2. The lowest BCUT2D eigenvalue weighted by atomic mass is 10.1. The van der Waals surface area contributed by atoms with Crippen LogP contribution in [-0.4, -0.2) is 73.8 Å². The summed E-state index contributed by atoms with van der Waals surface area (Å²) in [5.41, 5.74) is 2.53. The van der Waals surface area contributed by atoms with Gasteiger partial charge in [0.15, 0.2) is 0 Å². The zero-order chi connectivity index (χ0) is 27.1. The molecule has 2 fully saturated rings. The molecule has 2 aromatic rings. The Balaban J connectivity index is 0.000000271.